The first-order chi connectivity index (χ1) is 6.11. The summed E-state index contributed by atoms with van der Waals surface area (Å²) in [5.74, 6) is 0.471. The number of halogens is 1. The third-order valence-corrected chi connectivity index (χ3v) is 2.71. The maximum absolute atomic E-state index is 10.8. The summed E-state index contributed by atoms with van der Waals surface area (Å²) in [6.07, 6.45) is 0.903. The molecule has 0 aromatic heterocycles. The van der Waals surface area contributed by atoms with E-state index < -0.39 is 0 Å². The lowest BCUT2D eigenvalue weighted by atomic mass is 9.95. The fourth-order valence-electron chi connectivity index (χ4n) is 1.63. The van der Waals surface area contributed by atoms with Crippen LogP contribution in [0, 0.1) is 20.8 Å². The highest BCUT2D eigenvalue weighted by Gasteiger charge is 2.08. The van der Waals surface area contributed by atoms with Crippen LogP contribution in [0.2, 0.25) is 0 Å². The smallest absolute Gasteiger partial charge is 0.150 e. The number of benzene rings is 1. The van der Waals surface area contributed by atoms with Crippen LogP contribution in [0.3, 0.4) is 0 Å². The zero-order valence-corrected chi connectivity index (χ0v) is 8.90. The number of hydrogen-bond acceptors (Lipinski definition) is 1. The molecule has 14 heavy (non-hydrogen) atoms. The van der Waals surface area contributed by atoms with Crippen LogP contribution < -0.4 is 0 Å². The number of aryl methyl sites for hydroxylation is 2. The van der Waals surface area contributed by atoms with E-state index >= 15 is 0 Å². The van der Waals surface area contributed by atoms with Crippen molar-refractivity contribution in [1.29, 1.82) is 0 Å². The second-order valence-electron chi connectivity index (χ2n) is 3.28. The molecule has 1 aromatic carbocycles. The second kappa shape index (κ2) is 5.16. The molecule has 0 spiro atoms. The Kier molecular flexibility index (Phi) is 4.86. The number of hydrogen-bond donors (Lipinski definition) is 0. The van der Waals surface area contributed by atoms with E-state index in [-0.39, 0.29) is 7.43 Å². The topological polar surface area (TPSA) is 17.1 Å². The van der Waals surface area contributed by atoms with Crippen molar-refractivity contribution < 1.29 is 4.79 Å². The van der Waals surface area contributed by atoms with E-state index in [0.29, 0.717) is 5.88 Å². The molecule has 0 fully saturated rings. The van der Waals surface area contributed by atoms with Crippen molar-refractivity contribution in [3.05, 3.63) is 33.9 Å². The minimum Gasteiger partial charge on any atom is -0.298 e. The largest absolute Gasteiger partial charge is 0.298 e. The van der Waals surface area contributed by atoms with Crippen molar-refractivity contribution in [3.63, 3.8) is 0 Å². The summed E-state index contributed by atoms with van der Waals surface area (Å²) < 4.78 is 0. The predicted octanol–water partition coefficient (Wildman–Crippen LogP) is 3.80. The quantitative estimate of drug-likeness (QED) is 0.539. The summed E-state index contributed by atoms with van der Waals surface area (Å²) in [5.41, 5.74) is 5.06. The predicted molar refractivity (Wildman–Crippen MR) is 62.3 cm³/mol. The van der Waals surface area contributed by atoms with Gasteiger partial charge in [0.15, 0.2) is 6.29 Å². The first-order valence-electron chi connectivity index (χ1n) is 4.22. The minimum atomic E-state index is 0. The first kappa shape index (κ1) is 13.2. The van der Waals surface area contributed by atoms with Crippen molar-refractivity contribution in [2.24, 2.45) is 0 Å². The zero-order chi connectivity index (χ0) is 10.0. The molecule has 0 saturated carbocycles. The van der Waals surface area contributed by atoms with E-state index in [1.54, 1.807) is 0 Å². The van der Waals surface area contributed by atoms with Crippen molar-refractivity contribution >= 4 is 17.9 Å². The summed E-state index contributed by atoms with van der Waals surface area (Å²) in [6, 6.07) is 2.01. The molecule has 0 radical (unpaired) electrons. The van der Waals surface area contributed by atoms with Gasteiger partial charge in [-0.1, -0.05) is 13.5 Å². The van der Waals surface area contributed by atoms with Crippen LogP contribution >= 0.6 is 11.6 Å². The zero-order valence-electron chi connectivity index (χ0n) is 8.15. The Morgan fingerprint density at radius 3 is 2.29 bits per heavy atom. The van der Waals surface area contributed by atoms with E-state index in [0.717, 1.165) is 34.1 Å². The molecule has 0 aliphatic rings. The first-order valence-corrected chi connectivity index (χ1v) is 4.76. The van der Waals surface area contributed by atoms with Crippen LogP contribution in [0.1, 0.15) is 40.0 Å². The Morgan fingerprint density at radius 2 is 1.86 bits per heavy atom. The summed E-state index contributed by atoms with van der Waals surface area (Å²) >= 11 is 5.80. The fraction of sp³-hybridized carbons (Fsp3) is 0.417. The summed E-state index contributed by atoms with van der Waals surface area (Å²) in [7, 11) is 0. The Labute approximate surface area is 91.1 Å². The molecule has 1 rings (SSSR count). The maximum Gasteiger partial charge on any atom is 0.150 e. The molecule has 0 unspecified atom stereocenters. The highest BCUT2D eigenvalue weighted by molar-refractivity contribution is 6.17. The van der Waals surface area contributed by atoms with Gasteiger partial charge in [-0.25, -0.2) is 0 Å². The van der Waals surface area contributed by atoms with Gasteiger partial charge < -0.3 is 0 Å². The van der Waals surface area contributed by atoms with Gasteiger partial charge >= 0.3 is 0 Å². The number of rotatable bonds is 2. The highest BCUT2D eigenvalue weighted by Crippen LogP contribution is 2.22. The monoisotopic (exact) mass is 212 g/mol. The van der Waals surface area contributed by atoms with E-state index in [2.05, 4.69) is 0 Å². The summed E-state index contributed by atoms with van der Waals surface area (Å²) in [6.45, 7) is 5.91. The Morgan fingerprint density at radius 1 is 1.29 bits per heavy atom. The Bertz CT molecular complexity index is 343. The normalized spacial score (nSPS) is 9.43. The lowest BCUT2D eigenvalue weighted by Gasteiger charge is -2.11. The van der Waals surface area contributed by atoms with Crippen LogP contribution in [0.4, 0.5) is 0 Å². The lowest BCUT2D eigenvalue weighted by Crippen LogP contribution is -1.99. The molecule has 2 heteroatoms. The SMILES string of the molecule is C.Cc1cc(C)c(CCl)c(C)c1C=O. The molecular weight excluding hydrogens is 196 g/mol. The Balaban J connectivity index is 0.00000169. The lowest BCUT2D eigenvalue weighted by molar-refractivity contribution is 0.112. The third kappa shape index (κ3) is 2.16. The average Bonchev–Trinajstić information content (AvgIpc) is 2.04. The van der Waals surface area contributed by atoms with Crippen molar-refractivity contribution in [3.8, 4) is 0 Å². The van der Waals surface area contributed by atoms with Crippen LogP contribution in [0.15, 0.2) is 6.07 Å². The van der Waals surface area contributed by atoms with Gasteiger partial charge in [-0.05, 0) is 43.0 Å². The van der Waals surface area contributed by atoms with E-state index in [4.69, 9.17) is 11.6 Å². The molecule has 0 amide bonds. The van der Waals surface area contributed by atoms with Gasteiger partial charge in [-0.3, -0.25) is 4.79 Å². The molecule has 0 atom stereocenters. The van der Waals surface area contributed by atoms with Crippen molar-refractivity contribution in [1.82, 2.24) is 0 Å². The van der Waals surface area contributed by atoms with Gasteiger partial charge in [0.1, 0.15) is 0 Å². The second-order valence-corrected chi connectivity index (χ2v) is 3.55. The molecule has 0 aliphatic carbocycles. The van der Waals surface area contributed by atoms with Crippen molar-refractivity contribution in [2.75, 3.05) is 0 Å². The summed E-state index contributed by atoms with van der Waals surface area (Å²) in [4.78, 5) is 10.8. The van der Waals surface area contributed by atoms with Crippen LogP contribution in [0.5, 0.6) is 0 Å². The van der Waals surface area contributed by atoms with Crippen molar-refractivity contribution in [2.45, 2.75) is 34.1 Å². The van der Waals surface area contributed by atoms with Crippen LogP contribution in [-0.2, 0) is 5.88 Å². The summed E-state index contributed by atoms with van der Waals surface area (Å²) in [5, 5.41) is 0. The van der Waals surface area contributed by atoms with E-state index in [9.17, 15) is 4.79 Å². The fourth-order valence-corrected chi connectivity index (χ4v) is 2.04. The third-order valence-electron chi connectivity index (χ3n) is 2.44. The molecule has 1 nitrogen and oxygen atoms in total. The van der Waals surface area contributed by atoms with Gasteiger partial charge in [0.25, 0.3) is 0 Å². The number of carbonyl (C=O) groups excluding carboxylic acids is 1. The van der Waals surface area contributed by atoms with E-state index in [1.165, 1.54) is 0 Å². The molecule has 0 saturated heterocycles. The molecule has 0 N–H and O–H groups in total. The van der Waals surface area contributed by atoms with E-state index in [1.807, 2.05) is 26.8 Å². The van der Waals surface area contributed by atoms with Crippen LogP contribution in [0.25, 0.3) is 0 Å². The van der Waals surface area contributed by atoms with Gasteiger partial charge in [-0.2, -0.15) is 0 Å². The molecular formula is C12H17ClO. The highest BCUT2D eigenvalue weighted by atomic mass is 35.5. The molecule has 0 aliphatic heterocycles. The molecule has 78 valence electrons. The standard InChI is InChI=1S/C11H13ClO.CH4/c1-7-4-8(2)11(6-13)9(3)10(7)5-12;/h4,6H,5H2,1-3H3;1H4. The average molecular weight is 213 g/mol. The van der Waals surface area contributed by atoms with Crippen LogP contribution in [-0.4, -0.2) is 6.29 Å². The maximum atomic E-state index is 10.8. The molecule has 0 heterocycles. The number of aldehydes is 1. The number of carbonyl (C=O) groups is 1. The van der Waals surface area contributed by atoms with Gasteiger partial charge in [0, 0.05) is 11.4 Å². The van der Waals surface area contributed by atoms with Gasteiger partial charge in [0.2, 0.25) is 0 Å². The van der Waals surface area contributed by atoms with Gasteiger partial charge in [0.05, 0.1) is 0 Å². The Hall–Kier alpha value is -0.820. The molecule has 0 bridgehead atoms. The van der Waals surface area contributed by atoms with Gasteiger partial charge in [-0.15, -0.1) is 11.6 Å². The number of alkyl halides is 1. The molecule has 1 aromatic rings. The minimum absolute atomic E-state index is 0.